The van der Waals surface area contributed by atoms with Gasteiger partial charge in [0.15, 0.2) is 0 Å². The Labute approximate surface area is 87.2 Å². The summed E-state index contributed by atoms with van der Waals surface area (Å²) in [6.07, 6.45) is 2.27. The van der Waals surface area contributed by atoms with Crippen molar-refractivity contribution >= 4 is 0 Å². The Bertz CT molecular complexity index is 135. The monoisotopic (exact) mass is 201 g/mol. The van der Waals surface area contributed by atoms with E-state index in [0.29, 0.717) is 12.0 Å². The molecule has 0 spiro atoms. The van der Waals surface area contributed by atoms with Crippen molar-refractivity contribution in [3.63, 3.8) is 0 Å². The molecule has 1 fully saturated rings. The van der Waals surface area contributed by atoms with Gasteiger partial charge in [0.25, 0.3) is 0 Å². The van der Waals surface area contributed by atoms with E-state index >= 15 is 0 Å². The van der Waals surface area contributed by atoms with E-state index in [-0.39, 0.29) is 0 Å². The second kappa shape index (κ2) is 7.21. The van der Waals surface area contributed by atoms with Crippen molar-refractivity contribution in [3.8, 4) is 0 Å². The molecule has 2 unspecified atom stereocenters. The van der Waals surface area contributed by atoms with Gasteiger partial charge in [-0.1, -0.05) is 13.8 Å². The fourth-order valence-corrected chi connectivity index (χ4v) is 1.85. The smallest absolute Gasteiger partial charge is 0.0623 e. The zero-order valence-electron chi connectivity index (χ0n) is 9.42. The van der Waals surface area contributed by atoms with E-state index in [0.717, 1.165) is 39.4 Å². The minimum atomic E-state index is 0.481. The average molecular weight is 201 g/mol. The Morgan fingerprint density at radius 2 is 2.36 bits per heavy atom. The first-order valence-electron chi connectivity index (χ1n) is 5.77. The molecule has 0 aromatic carbocycles. The molecule has 0 aliphatic carbocycles. The van der Waals surface area contributed by atoms with E-state index in [2.05, 4.69) is 19.2 Å². The number of likely N-dealkylation sites (N-methyl/N-ethyl adjacent to an activating group) is 1. The van der Waals surface area contributed by atoms with Crippen LogP contribution >= 0.6 is 0 Å². The minimum Gasteiger partial charge on any atom is -0.381 e. The summed E-state index contributed by atoms with van der Waals surface area (Å²) in [5.74, 6) is 0.645. The van der Waals surface area contributed by atoms with Crippen LogP contribution in [-0.2, 0) is 9.47 Å². The minimum absolute atomic E-state index is 0.481. The largest absolute Gasteiger partial charge is 0.381 e. The number of hydrogen-bond acceptors (Lipinski definition) is 3. The van der Waals surface area contributed by atoms with Crippen molar-refractivity contribution in [2.45, 2.75) is 32.7 Å². The van der Waals surface area contributed by atoms with Gasteiger partial charge < -0.3 is 14.8 Å². The predicted octanol–water partition coefficient (Wildman–Crippen LogP) is 1.43. The van der Waals surface area contributed by atoms with Crippen LogP contribution in [0.15, 0.2) is 0 Å². The molecule has 0 radical (unpaired) electrons. The van der Waals surface area contributed by atoms with Crippen molar-refractivity contribution in [1.29, 1.82) is 0 Å². The van der Waals surface area contributed by atoms with Crippen LogP contribution in [0, 0.1) is 5.92 Å². The number of hydrogen-bond donors (Lipinski definition) is 1. The van der Waals surface area contributed by atoms with Gasteiger partial charge in [-0.25, -0.2) is 0 Å². The number of rotatable bonds is 7. The Kier molecular flexibility index (Phi) is 6.15. The second-order valence-electron chi connectivity index (χ2n) is 3.86. The van der Waals surface area contributed by atoms with Crippen LogP contribution in [0.5, 0.6) is 0 Å². The summed E-state index contributed by atoms with van der Waals surface area (Å²) in [6.45, 7) is 8.80. The maximum Gasteiger partial charge on any atom is 0.0623 e. The molecule has 0 saturated carbocycles. The van der Waals surface area contributed by atoms with E-state index < -0.39 is 0 Å². The van der Waals surface area contributed by atoms with E-state index in [1.54, 1.807) is 0 Å². The zero-order chi connectivity index (χ0) is 10.2. The summed E-state index contributed by atoms with van der Waals surface area (Å²) in [7, 11) is 0. The van der Waals surface area contributed by atoms with Crippen molar-refractivity contribution in [2.75, 3.05) is 33.0 Å². The van der Waals surface area contributed by atoms with Crippen LogP contribution in [0.4, 0.5) is 0 Å². The highest BCUT2D eigenvalue weighted by Gasteiger charge is 2.24. The molecule has 1 N–H and O–H groups in total. The van der Waals surface area contributed by atoms with E-state index in [1.807, 2.05) is 0 Å². The van der Waals surface area contributed by atoms with Crippen molar-refractivity contribution in [1.82, 2.24) is 5.32 Å². The third kappa shape index (κ3) is 3.95. The summed E-state index contributed by atoms with van der Waals surface area (Å²) in [4.78, 5) is 0. The summed E-state index contributed by atoms with van der Waals surface area (Å²) in [5.41, 5.74) is 0. The Morgan fingerprint density at radius 3 is 2.93 bits per heavy atom. The fourth-order valence-electron chi connectivity index (χ4n) is 1.85. The Hall–Kier alpha value is -0.120. The van der Waals surface area contributed by atoms with Gasteiger partial charge >= 0.3 is 0 Å². The van der Waals surface area contributed by atoms with Gasteiger partial charge in [0, 0.05) is 25.2 Å². The van der Waals surface area contributed by atoms with Gasteiger partial charge in [0.05, 0.1) is 13.2 Å². The van der Waals surface area contributed by atoms with Crippen LogP contribution in [0.3, 0.4) is 0 Å². The normalized spacial score (nSPS) is 24.0. The summed E-state index contributed by atoms with van der Waals surface area (Å²) in [6, 6.07) is 0.481. The van der Waals surface area contributed by atoms with Gasteiger partial charge in [-0.3, -0.25) is 0 Å². The molecule has 1 heterocycles. The van der Waals surface area contributed by atoms with Crippen LogP contribution < -0.4 is 5.32 Å². The Balaban J connectivity index is 2.22. The maximum atomic E-state index is 5.59. The number of nitrogens with one attached hydrogen (secondary N) is 1. The van der Waals surface area contributed by atoms with Crippen LogP contribution in [-0.4, -0.2) is 39.0 Å². The molecule has 1 saturated heterocycles. The highest BCUT2D eigenvalue weighted by molar-refractivity contribution is 4.78. The van der Waals surface area contributed by atoms with Gasteiger partial charge in [0.2, 0.25) is 0 Å². The number of ether oxygens (including phenoxy) is 2. The van der Waals surface area contributed by atoms with Crippen molar-refractivity contribution < 1.29 is 9.47 Å². The van der Waals surface area contributed by atoms with E-state index in [4.69, 9.17) is 9.47 Å². The third-order valence-electron chi connectivity index (χ3n) is 2.65. The average Bonchev–Trinajstić information content (AvgIpc) is 2.70. The molecular formula is C11H23NO2. The molecule has 2 atom stereocenters. The fraction of sp³-hybridized carbons (Fsp3) is 1.00. The molecule has 0 aromatic rings. The lowest BCUT2D eigenvalue weighted by Crippen LogP contribution is -2.40. The molecule has 0 aromatic heterocycles. The van der Waals surface area contributed by atoms with Gasteiger partial charge in [-0.2, -0.15) is 0 Å². The van der Waals surface area contributed by atoms with Crippen molar-refractivity contribution in [2.24, 2.45) is 5.92 Å². The van der Waals surface area contributed by atoms with Crippen molar-refractivity contribution in [3.05, 3.63) is 0 Å². The summed E-state index contributed by atoms with van der Waals surface area (Å²) >= 11 is 0. The maximum absolute atomic E-state index is 5.59. The molecule has 1 aliphatic heterocycles. The molecule has 1 aliphatic rings. The molecule has 1 rings (SSSR count). The molecule has 3 nitrogen and oxygen atoms in total. The first-order chi connectivity index (χ1) is 6.88. The third-order valence-corrected chi connectivity index (χ3v) is 2.65. The highest BCUT2D eigenvalue weighted by Crippen LogP contribution is 2.17. The van der Waals surface area contributed by atoms with Crippen LogP contribution in [0.1, 0.15) is 26.7 Å². The molecular weight excluding hydrogens is 178 g/mol. The topological polar surface area (TPSA) is 30.5 Å². The highest BCUT2D eigenvalue weighted by atomic mass is 16.5. The lowest BCUT2D eigenvalue weighted by molar-refractivity contribution is 0.0881. The quantitative estimate of drug-likeness (QED) is 0.632. The first-order valence-corrected chi connectivity index (χ1v) is 5.77. The van der Waals surface area contributed by atoms with Gasteiger partial charge in [0.1, 0.15) is 0 Å². The molecule has 0 amide bonds. The SMILES string of the molecule is CCCOCC(NCC)C1CCOC1. The zero-order valence-corrected chi connectivity index (χ0v) is 9.42. The van der Waals surface area contributed by atoms with Crippen LogP contribution in [0.25, 0.3) is 0 Å². The molecule has 14 heavy (non-hydrogen) atoms. The summed E-state index contributed by atoms with van der Waals surface area (Å²) < 4.78 is 11.0. The standard InChI is InChI=1S/C11H23NO2/c1-3-6-13-9-11(12-4-2)10-5-7-14-8-10/h10-12H,3-9H2,1-2H3. The van der Waals surface area contributed by atoms with Gasteiger partial charge in [-0.15, -0.1) is 0 Å². The molecule has 3 heteroatoms. The lowest BCUT2D eigenvalue weighted by Gasteiger charge is -2.22. The lowest BCUT2D eigenvalue weighted by atomic mass is 10.00. The summed E-state index contributed by atoms with van der Waals surface area (Å²) in [5, 5.41) is 3.48. The first kappa shape index (κ1) is 12.0. The van der Waals surface area contributed by atoms with Gasteiger partial charge in [-0.05, 0) is 19.4 Å². The molecule has 84 valence electrons. The van der Waals surface area contributed by atoms with Crippen LogP contribution in [0.2, 0.25) is 0 Å². The second-order valence-corrected chi connectivity index (χ2v) is 3.86. The Morgan fingerprint density at radius 1 is 1.50 bits per heavy atom. The molecule has 0 bridgehead atoms. The van der Waals surface area contributed by atoms with E-state index in [1.165, 1.54) is 6.42 Å². The van der Waals surface area contributed by atoms with E-state index in [9.17, 15) is 0 Å². The predicted molar refractivity (Wildman–Crippen MR) is 57.5 cm³/mol.